The Morgan fingerprint density at radius 3 is 2.12 bits per heavy atom. The molecule has 0 unspecified atom stereocenters. The molecule has 1 heterocycles. The van der Waals surface area contributed by atoms with E-state index in [1.165, 1.54) is 14.0 Å². The van der Waals surface area contributed by atoms with Crippen molar-refractivity contribution in [3.05, 3.63) is 94.9 Å². The molecule has 0 spiro atoms. The number of sulfonamides is 1. The topological polar surface area (TPSA) is 95.6 Å². The van der Waals surface area contributed by atoms with Crippen molar-refractivity contribution in [3.63, 3.8) is 0 Å². The first-order valence-corrected chi connectivity index (χ1v) is 11.3. The molecule has 8 heteroatoms. The maximum absolute atomic E-state index is 13.5. The van der Waals surface area contributed by atoms with Gasteiger partial charge in [0.05, 0.1) is 5.69 Å². The molecule has 3 aromatic carbocycles. The third kappa shape index (κ3) is 3.88. The highest BCUT2D eigenvalue weighted by Gasteiger charge is 2.39. The molecular weight excluding hydrogens is 426 g/mol. The molecule has 1 aliphatic rings. The van der Waals surface area contributed by atoms with Crippen LogP contribution in [0, 0.1) is 0 Å². The second-order valence-corrected chi connectivity index (χ2v) is 9.18. The largest absolute Gasteiger partial charge is 0.326 e. The van der Waals surface area contributed by atoms with Crippen LogP contribution in [-0.2, 0) is 19.6 Å². The van der Waals surface area contributed by atoms with Gasteiger partial charge in [-0.05, 0) is 29.8 Å². The minimum Gasteiger partial charge on any atom is -0.326 e. The minimum atomic E-state index is -4.13. The summed E-state index contributed by atoms with van der Waals surface area (Å²) in [4.78, 5) is 24.4. The Morgan fingerprint density at radius 1 is 0.812 bits per heavy atom. The van der Waals surface area contributed by atoms with Crippen LogP contribution >= 0.6 is 0 Å². The Bertz CT molecular complexity index is 1350. The highest BCUT2D eigenvalue weighted by atomic mass is 32.2. The summed E-state index contributed by atoms with van der Waals surface area (Å²) < 4.78 is 28.0. The molecule has 2 amide bonds. The van der Waals surface area contributed by atoms with Gasteiger partial charge in [-0.15, -0.1) is 0 Å². The Kier molecular flexibility index (Phi) is 5.54. The van der Waals surface area contributed by atoms with E-state index in [1.807, 2.05) is 6.07 Å². The van der Waals surface area contributed by atoms with Crippen LogP contribution in [0.3, 0.4) is 0 Å². The monoisotopic (exact) mass is 447 g/mol. The van der Waals surface area contributed by atoms with Crippen LogP contribution in [0.1, 0.15) is 18.1 Å². The summed E-state index contributed by atoms with van der Waals surface area (Å²) in [5.74, 6) is -1.01. The molecule has 4 rings (SSSR count). The zero-order valence-corrected chi connectivity index (χ0v) is 18.3. The Morgan fingerprint density at radius 2 is 1.44 bits per heavy atom. The number of para-hydroxylation sites is 1. The second kappa shape index (κ2) is 8.32. The Hall–Kier alpha value is -3.91. The SMILES string of the molecule is CC(=O)Nc1cccc(NC(=O)C2=C(c3ccccc3)c3ccccc3N(C)S2(=O)=O)c1. The normalized spacial score (nSPS) is 14.5. The molecule has 0 bridgehead atoms. The van der Waals surface area contributed by atoms with Crippen molar-refractivity contribution in [2.75, 3.05) is 22.0 Å². The molecule has 3 aromatic rings. The van der Waals surface area contributed by atoms with E-state index in [1.54, 1.807) is 72.8 Å². The van der Waals surface area contributed by atoms with Gasteiger partial charge in [-0.2, -0.15) is 0 Å². The molecule has 0 radical (unpaired) electrons. The summed E-state index contributed by atoms with van der Waals surface area (Å²) in [6.45, 7) is 1.38. The summed E-state index contributed by atoms with van der Waals surface area (Å²) in [6, 6.07) is 22.6. The fraction of sp³-hybridized carbons (Fsp3) is 0.0833. The van der Waals surface area contributed by atoms with Gasteiger partial charge in [0, 0.05) is 36.5 Å². The first-order chi connectivity index (χ1) is 15.3. The number of benzene rings is 3. The van der Waals surface area contributed by atoms with E-state index in [4.69, 9.17) is 0 Å². The van der Waals surface area contributed by atoms with Crippen molar-refractivity contribution in [1.82, 2.24) is 0 Å². The predicted octanol–water partition coefficient (Wildman–Crippen LogP) is 3.82. The van der Waals surface area contributed by atoms with Gasteiger partial charge < -0.3 is 10.6 Å². The highest BCUT2D eigenvalue weighted by Crippen LogP contribution is 2.42. The summed E-state index contributed by atoms with van der Waals surface area (Å²) in [7, 11) is -2.70. The number of carbonyl (C=O) groups excluding carboxylic acids is 2. The van der Waals surface area contributed by atoms with Crippen LogP contribution in [0.15, 0.2) is 83.8 Å². The molecule has 0 saturated carbocycles. The molecule has 0 atom stereocenters. The fourth-order valence-electron chi connectivity index (χ4n) is 3.67. The lowest BCUT2D eigenvalue weighted by Crippen LogP contribution is -2.37. The molecule has 0 aliphatic carbocycles. The van der Waals surface area contributed by atoms with Crippen molar-refractivity contribution >= 4 is 44.5 Å². The smallest absolute Gasteiger partial charge is 0.270 e. The lowest BCUT2D eigenvalue weighted by atomic mass is 9.95. The fourth-order valence-corrected chi connectivity index (χ4v) is 5.13. The van der Waals surface area contributed by atoms with Crippen LogP contribution in [0.25, 0.3) is 5.57 Å². The third-order valence-electron chi connectivity index (χ3n) is 5.07. The van der Waals surface area contributed by atoms with Gasteiger partial charge in [0.25, 0.3) is 15.9 Å². The van der Waals surface area contributed by atoms with Gasteiger partial charge in [0.1, 0.15) is 0 Å². The van der Waals surface area contributed by atoms with E-state index < -0.39 is 15.9 Å². The van der Waals surface area contributed by atoms with Crippen molar-refractivity contribution in [3.8, 4) is 0 Å². The first kappa shape index (κ1) is 21.3. The molecular formula is C24H21N3O4S. The molecule has 2 N–H and O–H groups in total. The Balaban J connectivity index is 1.88. The Labute approximate surface area is 186 Å². The molecule has 7 nitrogen and oxygen atoms in total. The van der Waals surface area contributed by atoms with E-state index in [2.05, 4.69) is 10.6 Å². The van der Waals surface area contributed by atoms with Gasteiger partial charge in [-0.25, -0.2) is 8.42 Å². The van der Waals surface area contributed by atoms with E-state index in [0.29, 0.717) is 33.8 Å². The average Bonchev–Trinajstić information content (AvgIpc) is 2.76. The zero-order valence-electron chi connectivity index (χ0n) is 17.5. The van der Waals surface area contributed by atoms with Crippen molar-refractivity contribution < 1.29 is 18.0 Å². The molecule has 0 fully saturated rings. The summed E-state index contributed by atoms with van der Waals surface area (Å²) in [5, 5.41) is 5.32. The number of rotatable bonds is 4. The van der Waals surface area contributed by atoms with Crippen LogP contribution < -0.4 is 14.9 Å². The lowest BCUT2D eigenvalue weighted by Gasteiger charge is -2.30. The number of hydrogen-bond acceptors (Lipinski definition) is 4. The van der Waals surface area contributed by atoms with E-state index in [0.717, 1.165) is 4.31 Å². The average molecular weight is 448 g/mol. The number of nitrogens with one attached hydrogen (secondary N) is 2. The number of nitrogens with zero attached hydrogens (tertiary/aromatic N) is 1. The van der Waals surface area contributed by atoms with Crippen LogP contribution in [0.4, 0.5) is 17.1 Å². The lowest BCUT2D eigenvalue weighted by molar-refractivity contribution is -0.114. The van der Waals surface area contributed by atoms with Crippen molar-refractivity contribution in [2.24, 2.45) is 0 Å². The molecule has 1 aliphatic heterocycles. The van der Waals surface area contributed by atoms with Crippen LogP contribution in [-0.4, -0.2) is 27.3 Å². The van der Waals surface area contributed by atoms with Crippen molar-refractivity contribution in [2.45, 2.75) is 6.92 Å². The standard InChI is InChI=1S/C24H21N3O4S/c1-16(28)25-18-11-8-12-19(15-18)26-24(29)23-22(17-9-4-3-5-10-17)20-13-6-7-14-21(20)27(2)32(23,30)31/h3-15H,1-2H3,(H,25,28)(H,26,29). The van der Waals surface area contributed by atoms with Gasteiger partial charge in [0.15, 0.2) is 4.91 Å². The summed E-state index contributed by atoms with van der Waals surface area (Å²) in [5.41, 5.74) is 2.95. The van der Waals surface area contributed by atoms with Gasteiger partial charge in [0.2, 0.25) is 5.91 Å². The van der Waals surface area contributed by atoms with Crippen LogP contribution in [0.5, 0.6) is 0 Å². The van der Waals surface area contributed by atoms with E-state index in [-0.39, 0.29) is 10.8 Å². The van der Waals surface area contributed by atoms with Gasteiger partial charge >= 0.3 is 0 Å². The van der Waals surface area contributed by atoms with Gasteiger partial charge in [-0.3, -0.25) is 13.9 Å². The van der Waals surface area contributed by atoms with E-state index >= 15 is 0 Å². The number of carbonyl (C=O) groups is 2. The number of amides is 2. The third-order valence-corrected chi connectivity index (χ3v) is 6.89. The summed E-state index contributed by atoms with van der Waals surface area (Å²) in [6.07, 6.45) is 0. The second-order valence-electron chi connectivity index (χ2n) is 7.28. The van der Waals surface area contributed by atoms with Gasteiger partial charge in [-0.1, -0.05) is 54.6 Å². The minimum absolute atomic E-state index is 0.254. The highest BCUT2D eigenvalue weighted by molar-refractivity contribution is 7.97. The molecule has 0 aromatic heterocycles. The maximum atomic E-state index is 13.5. The number of hydrogen-bond donors (Lipinski definition) is 2. The summed E-state index contributed by atoms with van der Waals surface area (Å²) >= 11 is 0. The van der Waals surface area contributed by atoms with Crippen molar-refractivity contribution in [1.29, 1.82) is 0 Å². The zero-order chi connectivity index (χ0) is 22.9. The maximum Gasteiger partial charge on any atom is 0.270 e. The predicted molar refractivity (Wildman–Crippen MR) is 126 cm³/mol. The molecule has 162 valence electrons. The number of anilines is 3. The quantitative estimate of drug-likeness (QED) is 0.636. The molecule has 32 heavy (non-hydrogen) atoms. The number of fused-ring (bicyclic) bond motifs is 1. The first-order valence-electron chi connectivity index (χ1n) is 9.86. The molecule has 0 saturated heterocycles. The van der Waals surface area contributed by atoms with Crippen LogP contribution in [0.2, 0.25) is 0 Å². The van der Waals surface area contributed by atoms with E-state index in [9.17, 15) is 18.0 Å².